The Morgan fingerprint density at radius 2 is 2.15 bits per heavy atom. The number of benzene rings is 1. The minimum Gasteiger partial charge on any atom is -0.383 e. The van der Waals surface area contributed by atoms with Gasteiger partial charge in [-0.15, -0.1) is 9.24 Å². The maximum Gasteiger partial charge on any atom is 0.126 e. The predicted molar refractivity (Wildman–Crippen MR) is 122 cm³/mol. The lowest BCUT2D eigenvalue weighted by molar-refractivity contribution is 0.587. The molecule has 0 spiro atoms. The van der Waals surface area contributed by atoms with Gasteiger partial charge >= 0.3 is 0 Å². The first-order valence-electron chi connectivity index (χ1n) is 9.03. The van der Waals surface area contributed by atoms with Gasteiger partial charge in [-0.25, -0.2) is 4.98 Å². The van der Waals surface area contributed by atoms with Gasteiger partial charge in [0.05, 0.1) is 5.02 Å². The van der Waals surface area contributed by atoms with E-state index in [9.17, 15) is 0 Å². The Bertz CT molecular complexity index is 862. The summed E-state index contributed by atoms with van der Waals surface area (Å²) in [4.78, 5) is 8.52. The van der Waals surface area contributed by atoms with Gasteiger partial charge in [0.25, 0.3) is 0 Å². The molecule has 4 nitrogen and oxygen atoms in total. The van der Waals surface area contributed by atoms with E-state index in [-0.39, 0.29) is 6.04 Å². The lowest BCUT2D eigenvalue weighted by Gasteiger charge is -2.23. The number of nitrogens with zero attached hydrogens (tertiary/aromatic N) is 2. The highest BCUT2D eigenvalue weighted by molar-refractivity contribution is 7.28. The zero-order valence-corrected chi connectivity index (χ0v) is 18.3. The summed E-state index contributed by atoms with van der Waals surface area (Å²) in [6.07, 6.45) is 7.25. The van der Waals surface area contributed by atoms with Crippen LogP contribution < -0.4 is 16.4 Å². The summed E-state index contributed by atoms with van der Waals surface area (Å²) >= 11 is 6.67. The highest BCUT2D eigenvalue weighted by Crippen LogP contribution is 2.31. The minimum atomic E-state index is 0.0428. The van der Waals surface area contributed by atoms with Crippen LogP contribution in [0.1, 0.15) is 42.1 Å². The molecule has 1 heterocycles. The van der Waals surface area contributed by atoms with Gasteiger partial charge in [-0.3, -0.25) is 4.99 Å². The maximum atomic E-state index is 6.67. The van der Waals surface area contributed by atoms with Crippen LogP contribution in [0.15, 0.2) is 35.5 Å². The minimum absolute atomic E-state index is 0.0428. The Hall–Kier alpha value is -1.74. The third-order valence-electron chi connectivity index (χ3n) is 4.72. The molecule has 2 atom stereocenters. The monoisotopic (exact) mass is 402 g/mol. The topological polar surface area (TPSA) is 63.3 Å². The fourth-order valence-corrected chi connectivity index (χ4v) is 3.77. The van der Waals surface area contributed by atoms with E-state index in [1.54, 1.807) is 13.2 Å². The van der Waals surface area contributed by atoms with E-state index in [4.69, 9.17) is 17.3 Å². The second-order valence-corrected chi connectivity index (χ2v) is 7.34. The zero-order chi connectivity index (χ0) is 20.0. The number of anilines is 1. The predicted octanol–water partition coefficient (Wildman–Crippen LogP) is 3.99. The van der Waals surface area contributed by atoms with Gasteiger partial charge in [0.1, 0.15) is 5.82 Å². The Kier molecular flexibility index (Phi) is 7.97. The van der Waals surface area contributed by atoms with E-state index in [0.29, 0.717) is 12.2 Å². The Morgan fingerprint density at radius 1 is 1.41 bits per heavy atom. The SMILES string of the molecule is C/C=C(\C=NC)c1cnc(N)c(CC(NC)c2c(CC)ccc(P)c2Cl)c1. The molecule has 0 radical (unpaired) electrons. The number of hydrogen-bond acceptors (Lipinski definition) is 4. The summed E-state index contributed by atoms with van der Waals surface area (Å²) in [6, 6.07) is 6.32. The lowest BCUT2D eigenvalue weighted by atomic mass is 9.93. The molecule has 0 aliphatic heterocycles. The van der Waals surface area contributed by atoms with Crippen molar-refractivity contribution in [1.82, 2.24) is 10.3 Å². The second-order valence-electron chi connectivity index (χ2n) is 6.34. The summed E-state index contributed by atoms with van der Waals surface area (Å²) < 4.78 is 0. The molecule has 0 amide bonds. The number of aliphatic imine (C=N–C) groups is 1. The van der Waals surface area contributed by atoms with E-state index in [1.165, 1.54) is 5.56 Å². The van der Waals surface area contributed by atoms with Crippen LogP contribution in [0.4, 0.5) is 5.82 Å². The van der Waals surface area contributed by atoms with Crippen molar-refractivity contribution in [2.75, 3.05) is 19.8 Å². The van der Waals surface area contributed by atoms with Gasteiger partial charge < -0.3 is 11.1 Å². The number of likely N-dealkylation sites (N-methyl/N-ethyl adjacent to an activating group) is 1. The smallest absolute Gasteiger partial charge is 0.126 e. The van der Waals surface area contributed by atoms with Crippen LogP contribution in [0, 0.1) is 0 Å². The van der Waals surface area contributed by atoms with Gasteiger partial charge in [-0.05, 0) is 60.4 Å². The van der Waals surface area contributed by atoms with Crippen LogP contribution in [0.5, 0.6) is 0 Å². The number of halogens is 1. The fraction of sp³-hybridized carbons (Fsp3) is 0.333. The third kappa shape index (κ3) is 4.95. The molecular weight excluding hydrogens is 375 g/mol. The molecule has 0 fully saturated rings. The second kappa shape index (κ2) is 9.98. The van der Waals surface area contributed by atoms with Crippen molar-refractivity contribution in [2.24, 2.45) is 4.99 Å². The summed E-state index contributed by atoms with van der Waals surface area (Å²) in [5.74, 6) is 0.541. The molecule has 0 saturated carbocycles. The van der Waals surface area contributed by atoms with Gasteiger partial charge in [0.2, 0.25) is 0 Å². The van der Waals surface area contributed by atoms with Crippen molar-refractivity contribution in [1.29, 1.82) is 0 Å². The number of hydrogen-bond donors (Lipinski definition) is 2. The molecule has 0 bridgehead atoms. The molecule has 1 aromatic carbocycles. The number of nitrogen functional groups attached to an aromatic ring is 1. The average Bonchev–Trinajstić information content (AvgIpc) is 2.68. The largest absolute Gasteiger partial charge is 0.383 e. The van der Waals surface area contributed by atoms with Gasteiger partial charge in [0, 0.05) is 31.1 Å². The fourth-order valence-electron chi connectivity index (χ4n) is 3.20. The van der Waals surface area contributed by atoms with Gasteiger partial charge in [-0.1, -0.05) is 36.7 Å². The number of allylic oxidation sites excluding steroid dienone is 2. The molecule has 0 aliphatic rings. The molecule has 2 rings (SSSR count). The van der Waals surface area contributed by atoms with Crippen LogP contribution in [0.25, 0.3) is 5.57 Å². The molecule has 144 valence electrons. The molecule has 1 aromatic heterocycles. The van der Waals surface area contributed by atoms with Crippen LogP contribution in [0.3, 0.4) is 0 Å². The zero-order valence-electron chi connectivity index (χ0n) is 16.4. The van der Waals surface area contributed by atoms with Crippen molar-refractivity contribution in [3.63, 3.8) is 0 Å². The first-order valence-corrected chi connectivity index (χ1v) is 9.99. The summed E-state index contributed by atoms with van der Waals surface area (Å²) in [7, 11) is 6.42. The van der Waals surface area contributed by atoms with E-state index in [2.05, 4.69) is 43.6 Å². The standard InChI is InChI=1S/C21H28ClN4P/c1-5-13-7-8-18(27)20(22)19(13)17(25-4)10-15-9-16(12-26-21(15)23)14(6-2)11-24-3/h6-9,11-12,17,25H,5,10,27H2,1-4H3,(H2,23,26)/b14-6+,24-11?. The number of nitrogens with two attached hydrogens (primary N) is 1. The quantitative estimate of drug-likeness (QED) is 0.543. The van der Waals surface area contributed by atoms with Crippen LogP contribution >= 0.6 is 20.8 Å². The molecule has 2 unspecified atom stereocenters. The van der Waals surface area contributed by atoms with E-state index < -0.39 is 0 Å². The van der Waals surface area contributed by atoms with Crippen LogP contribution in [-0.2, 0) is 12.8 Å². The Labute approximate surface area is 169 Å². The third-order valence-corrected chi connectivity index (χ3v) is 5.80. The normalized spacial score (nSPS) is 13.3. The molecular formula is C21H28ClN4P. The number of aromatic nitrogens is 1. The highest BCUT2D eigenvalue weighted by atomic mass is 35.5. The number of aryl methyl sites for hydroxylation is 1. The van der Waals surface area contributed by atoms with E-state index >= 15 is 0 Å². The first kappa shape index (κ1) is 21.6. The number of rotatable bonds is 7. The number of pyridine rings is 1. The van der Waals surface area contributed by atoms with Crippen LogP contribution in [0.2, 0.25) is 5.02 Å². The molecule has 27 heavy (non-hydrogen) atoms. The lowest BCUT2D eigenvalue weighted by Crippen LogP contribution is -2.23. The molecule has 6 heteroatoms. The van der Waals surface area contributed by atoms with Crippen molar-refractivity contribution in [3.8, 4) is 0 Å². The molecule has 2 aromatic rings. The molecule has 0 aliphatic carbocycles. The number of nitrogens with one attached hydrogen (secondary N) is 1. The van der Waals surface area contributed by atoms with Crippen molar-refractivity contribution >= 4 is 43.8 Å². The average molecular weight is 403 g/mol. The molecule has 3 N–H and O–H groups in total. The van der Waals surface area contributed by atoms with E-state index in [1.807, 2.05) is 32.3 Å². The maximum absolute atomic E-state index is 6.67. The summed E-state index contributed by atoms with van der Waals surface area (Å²) in [5.41, 5.74) is 11.6. The highest BCUT2D eigenvalue weighted by Gasteiger charge is 2.20. The Balaban J connectivity index is 2.47. The summed E-state index contributed by atoms with van der Waals surface area (Å²) in [6.45, 7) is 4.13. The van der Waals surface area contributed by atoms with E-state index in [0.717, 1.165) is 39.0 Å². The van der Waals surface area contributed by atoms with Crippen molar-refractivity contribution < 1.29 is 0 Å². The van der Waals surface area contributed by atoms with Gasteiger partial charge in [0.15, 0.2) is 0 Å². The summed E-state index contributed by atoms with van der Waals surface area (Å²) in [5, 5.41) is 5.19. The van der Waals surface area contributed by atoms with Crippen LogP contribution in [-0.4, -0.2) is 25.3 Å². The van der Waals surface area contributed by atoms with Crippen molar-refractivity contribution in [2.45, 2.75) is 32.7 Å². The van der Waals surface area contributed by atoms with Gasteiger partial charge in [-0.2, -0.15) is 0 Å². The van der Waals surface area contributed by atoms with Crippen molar-refractivity contribution in [3.05, 3.63) is 57.7 Å². The molecule has 0 saturated heterocycles. The Morgan fingerprint density at radius 3 is 2.74 bits per heavy atom. The first-order chi connectivity index (χ1) is 13.0.